The van der Waals surface area contributed by atoms with Gasteiger partial charge in [-0.2, -0.15) is 0 Å². The van der Waals surface area contributed by atoms with E-state index in [-0.39, 0.29) is 52.5 Å². The molecule has 31 heavy (non-hydrogen) atoms. The fraction of sp³-hybridized carbons (Fsp3) is 0.250. The first kappa shape index (κ1) is 19.9. The highest BCUT2D eigenvalue weighted by Crippen LogP contribution is 2.53. The molecule has 2 amide bonds. The molecule has 0 spiro atoms. The van der Waals surface area contributed by atoms with Gasteiger partial charge in [0.25, 0.3) is 0 Å². The van der Waals surface area contributed by atoms with Gasteiger partial charge in [0.2, 0.25) is 11.8 Å². The molecule has 3 aliphatic rings. The molecule has 1 saturated heterocycles. The van der Waals surface area contributed by atoms with Gasteiger partial charge in [-0.25, -0.2) is 9.69 Å². The number of carbonyl (C=O) groups excluding carboxylic acids is 4. The van der Waals surface area contributed by atoms with Gasteiger partial charge >= 0.3 is 5.97 Å². The Kier molecular flexibility index (Phi) is 4.85. The normalized spacial score (nSPS) is 25.8. The van der Waals surface area contributed by atoms with E-state index < -0.39 is 12.6 Å². The van der Waals surface area contributed by atoms with Gasteiger partial charge in [-0.1, -0.05) is 52.3 Å². The molecule has 0 N–H and O–H groups in total. The maximum atomic E-state index is 13.1. The summed E-state index contributed by atoms with van der Waals surface area (Å²) < 4.78 is 6.07. The van der Waals surface area contributed by atoms with Crippen molar-refractivity contribution in [1.29, 1.82) is 0 Å². The third-order valence-electron chi connectivity index (χ3n) is 6.34. The van der Waals surface area contributed by atoms with Crippen LogP contribution in [0.1, 0.15) is 27.1 Å². The Hall–Kier alpha value is -3.06. The maximum Gasteiger partial charge on any atom is 0.340 e. The van der Waals surface area contributed by atoms with E-state index in [4.69, 9.17) is 4.74 Å². The number of ketones is 1. The van der Waals surface area contributed by atoms with Gasteiger partial charge in [-0.05, 0) is 42.5 Å². The topological polar surface area (TPSA) is 80.8 Å². The number of allylic oxidation sites excluding steroid dienone is 2. The molecule has 5 rings (SSSR count). The second kappa shape index (κ2) is 7.57. The van der Waals surface area contributed by atoms with Crippen molar-refractivity contribution < 1.29 is 23.9 Å². The molecule has 0 aromatic heterocycles. The fourth-order valence-electron chi connectivity index (χ4n) is 4.91. The molecule has 2 aromatic rings. The molecule has 2 bridgehead atoms. The van der Waals surface area contributed by atoms with E-state index in [0.717, 1.165) is 15.8 Å². The van der Waals surface area contributed by atoms with Gasteiger partial charge in [0.15, 0.2) is 12.4 Å². The van der Waals surface area contributed by atoms with Gasteiger partial charge in [-0.15, -0.1) is 0 Å². The zero-order valence-corrected chi connectivity index (χ0v) is 17.9. The number of amides is 2. The van der Waals surface area contributed by atoms with Crippen molar-refractivity contribution >= 4 is 45.2 Å². The van der Waals surface area contributed by atoms with Gasteiger partial charge in [0, 0.05) is 10.0 Å². The maximum absolute atomic E-state index is 13.1. The number of esters is 1. The van der Waals surface area contributed by atoms with Crippen molar-refractivity contribution in [3.05, 3.63) is 76.3 Å². The number of hydrogen-bond acceptors (Lipinski definition) is 5. The lowest BCUT2D eigenvalue weighted by molar-refractivity contribution is -0.123. The Morgan fingerprint density at radius 2 is 1.55 bits per heavy atom. The Labute approximate surface area is 187 Å². The van der Waals surface area contributed by atoms with E-state index in [2.05, 4.69) is 15.9 Å². The lowest BCUT2D eigenvalue weighted by atomic mass is 9.85. The van der Waals surface area contributed by atoms with Crippen molar-refractivity contribution in [3.8, 4) is 0 Å². The second-order valence-electron chi connectivity index (χ2n) is 8.04. The van der Waals surface area contributed by atoms with Gasteiger partial charge in [0.1, 0.15) is 0 Å². The minimum atomic E-state index is -0.750. The van der Waals surface area contributed by atoms with Crippen LogP contribution in [0.15, 0.2) is 65.2 Å². The monoisotopic (exact) mass is 479 g/mol. The van der Waals surface area contributed by atoms with Crippen molar-refractivity contribution in [2.75, 3.05) is 11.5 Å². The molecule has 1 aliphatic heterocycles. The van der Waals surface area contributed by atoms with Gasteiger partial charge < -0.3 is 4.74 Å². The lowest BCUT2D eigenvalue weighted by Crippen LogP contribution is -2.34. The third-order valence-corrected chi connectivity index (χ3v) is 6.86. The highest BCUT2D eigenvalue weighted by molar-refractivity contribution is 9.10. The smallest absolute Gasteiger partial charge is 0.340 e. The lowest BCUT2D eigenvalue weighted by Gasteiger charge is -2.19. The molecule has 4 atom stereocenters. The largest absolute Gasteiger partial charge is 0.454 e. The first-order chi connectivity index (χ1) is 15.0. The Bertz CT molecular complexity index is 1110. The summed E-state index contributed by atoms with van der Waals surface area (Å²) in [6, 6.07) is 13.1. The molecule has 7 heteroatoms. The number of hydrogen-bond donors (Lipinski definition) is 0. The Balaban J connectivity index is 1.35. The van der Waals surface area contributed by atoms with Crippen LogP contribution >= 0.6 is 15.9 Å². The summed E-state index contributed by atoms with van der Waals surface area (Å²) in [4.78, 5) is 52.4. The number of Topliss-reactive ketones (excluding diaryl/α,β-unsaturated/α-hetero) is 1. The molecule has 2 aliphatic carbocycles. The van der Waals surface area contributed by atoms with Crippen molar-refractivity contribution in [2.45, 2.75) is 6.42 Å². The second-order valence-corrected chi connectivity index (χ2v) is 8.95. The molecular formula is C24H18BrNO5. The summed E-state index contributed by atoms with van der Waals surface area (Å²) in [7, 11) is 0. The van der Waals surface area contributed by atoms with E-state index in [1.54, 1.807) is 42.5 Å². The summed E-state index contributed by atoms with van der Waals surface area (Å²) in [5.41, 5.74) is 0.727. The number of rotatable bonds is 5. The van der Waals surface area contributed by atoms with Gasteiger partial charge in [0.05, 0.1) is 23.1 Å². The Morgan fingerprint density at radius 1 is 0.935 bits per heavy atom. The number of fused-ring (bicyclic) bond motifs is 5. The number of carbonyl (C=O) groups is 4. The molecule has 2 aromatic carbocycles. The molecule has 1 saturated carbocycles. The van der Waals surface area contributed by atoms with E-state index >= 15 is 0 Å². The van der Waals surface area contributed by atoms with Crippen molar-refractivity contribution in [1.82, 2.24) is 0 Å². The van der Waals surface area contributed by atoms with E-state index in [9.17, 15) is 19.2 Å². The minimum absolute atomic E-state index is 0.0825. The number of para-hydroxylation sites is 1. The number of nitrogens with zero attached hydrogens (tertiary/aromatic N) is 1. The van der Waals surface area contributed by atoms with Crippen LogP contribution in [0.4, 0.5) is 5.69 Å². The van der Waals surface area contributed by atoms with Crippen LogP contribution in [0, 0.1) is 23.7 Å². The first-order valence-corrected chi connectivity index (χ1v) is 10.9. The summed E-state index contributed by atoms with van der Waals surface area (Å²) in [6.45, 7) is -0.435. The van der Waals surface area contributed by atoms with Gasteiger partial charge in [-0.3, -0.25) is 14.4 Å². The zero-order chi connectivity index (χ0) is 21.7. The molecule has 0 unspecified atom stereocenters. The SMILES string of the molecule is O=C(COC(=O)c1ccccc1N1C(=O)[C@H]2[C@H](C1=O)[C@H]1C=C[C@H]2C1)c1ccc(Br)cc1. The van der Waals surface area contributed by atoms with E-state index in [1.165, 1.54) is 6.07 Å². The van der Waals surface area contributed by atoms with Crippen LogP contribution in [0.25, 0.3) is 0 Å². The summed E-state index contributed by atoms with van der Waals surface area (Å²) in [5, 5.41) is 0. The first-order valence-electron chi connectivity index (χ1n) is 10.1. The number of imide groups is 1. The van der Waals surface area contributed by atoms with Crippen LogP contribution in [0.5, 0.6) is 0 Å². The van der Waals surface area contributed by atoms with Crippen LogP contribution in [0.2, 0.25) is 0 Å². The summed E-state index contributed by atoms with van der Waals surface area (Å²) >= 11 is 3.31. The van der Waals surface area contributed by atoms with Crippen LogP contribution in [0.3, 0.4) is 0 Å². The molecular weight excluding hydrogens is 462 g/mol. The third kappa shape index (κ3) is 3.24. The van der Waals surface area contributed by atoms with Crippen molar-refractivity contribution in [3.63, 3.8) is 0 Å². The minimum Gasteiger partial charge on any atom is -0.454 e. The molecule has 6 nitrogen and oxygen atoms in total. The predicted octanol–water partition coefficient (Wildman–Crippen LogP) is 3.80. The standard InChI is InChI=1S/C24H18BrNO5/c25-16-9-7-13(8-10-16)19(27)12-31-24(30)17-3-1-2-4-18(17)26-22(28)20-14-5-6-15(11-14)21(20)23(26)29/h1-10,14-15,20-21H,11-12H2/t14-,15-,20+,21+/m0/s1. The number of anilines is 1. The fourth-order valence-corrected chi connectivity index (χ4v) is 5.17. The number of ether oxygens (including phenoxy) is 1. The zero-order valence-electron chi connectivity index (χ0n) is 16.4. The average molecular weight is 480 g/mol. The predicted molar refractivity (Wildman–Crippen MR) is 115 cm³/mol. The molecule has 0 radical (unpaired) electrons. The highest BCUT2D eigenvalue weighted by atomic mass is 79.9. The summed E-state index contributed by atoms with van der Waals surface area (Å²) in [6.07, 6.45) is 4.88. The number of halogens is 1. The summed E-state index contributed by atoms with van der Waals surface area (Å²) in [5.74, 6) is -2.17. The van der Waals surface area contributed by atoms with Crippen LogP contribution in [-0.4, -0.2) is 30.2 Å². The molecule has 1 heterocycles. The van der Waals surface area contributed by atoms with E-state index in [1.807, 2.05) is 12.2 Å². The molecule has 2 fully saturated rings. The van der Waals surface area contributed by atoms with Crippen molar-refractivity contribution in [2.24, 2.45) is 23.7 Å². The van der Waals surface area contributed by atoms with E-state index in [0.29, 0.717) is 5.56 Å². The number of benzene rings is 2. The Morgan fingerprint density at radius 3 is 2.19 bits per heavy atom. The van der Waals surface area contributed by atoms with Crippen LogP contribution < -0.4 is 4.90 Å². The average Bonchev–Trinajstić information content (AvgIpc) is 3.46. The van der Waals surface area contributed by atoms with Crippen LogP contribution in [-0.2, 0) is 14.3 Å². The highest BCUT2D eigenvalue weighted by Gasteiger charge is 2.59. The quantitative estimate of drug-likeness (QED) is 0.282. The molecule has 156 valence electrons.